The first kappa shape index (κ1) is 11.1. The lowest BCUT2D eigenvalue weighted by molar-refractivity contribution is -0.0445. The van der Waals surface area contributed by atoms with Crippen molar-refractivity contribution in [3.8, 4) is 6.07 Å². The molecule has 0 radical (unpaired) electrons. The van der Waals surface area contributed by atoms with Crippen LogP contribution in [0.1, 0.15) is 18.3 Å². The van der Waals surface area contributed by atoms with Crippen LogP contribution in [-0.2, 0) is 4.74 Å². The molecule has 0 aromatic carbocycles. The van der Waals surface area contributed by atoms with Crippen LogP contribution in [0, 0.1) is 17.1 Å². The van der Waals surface area contributed by atoms with Gasteiger partial charge in [0.2, 0.25) is 0 Å². The highest BCUT2D eigenvalue weighted by Crippen LogP contribution is 2.30. The van der Waals surface area contributed by atoms with Crippen molar-refractivity contribution in [1.82, 2.24) is 4.57 Å². The van der Waals surface area contributed by atoms with Gasteiger partial charge in [0.1, 0.15) is 29.9 Å². The fourth-order valence-electron chi connectivity index (χ4n) is 1.82. The summed E-state index contributed by atoms with van der Waals surface area (Å²) >= 11 is 0. The molecule has 0 aliphatic carbocycles. The van der Waals surface area contributed by atoms with Gasteiger partial charge in [-0.15, -0.1) is 0 Å². The second-order valence-electron chi connectivity index (χ2n) is 3.68. The highest BCUT2D eigenvalue weighted by atomic mass is 19.1. The Kier molecular flexibility index (Phi) is 2.92. The number of hydrogen-bond acceptors (Lipinski definition) is 4. The Morgan fingerprint density at radius 2 is 2.44 bits per heavy atom. The minimum absolute atomic E-state index is 0.133. The van der Waals surface area contributed by atoms with Gasteiger partial charge in [-0.2, -0.15) is 5.26 Å². The standard InChI is InChI=1S/C10H11FN2O3/c11-6-1-7(3-12)13(4-6)10-2-8(15)9(5-14)16-10/h1,4,8-10,14-15H,2,5H2. The molecule has 3 atom stereocenters. The largest absolute Gasteiger partial charge is 0.394 e. The molecule has 3 unspecified atom stereocenters. The summed E-state index contributed by atoms with van der Waals surface area (Å²) < 4.78 is 19.6. The summed E-state index contributed by atoms with van der Waals surface area (Å²) in [6.07, 6.45) is -0.704. The third kappa shape index (κ3) is 1.80. The van der Waals surface area contributed by atoms with Crippen molar-refractivity contribution in [2.75, 3.05) is 6.61 Å². The zero-order chi connectivity index (χ0) is 11.7. The quantitative estimate of drug-likeness (QED) is 0.751. The lowest BCUT2D eigenvalue weighted by Crippen LogP contribution is -2.24. The molecule has 0 bridgehead atoms. The van der Waals surface area contributed by atoms with Crippen molar-refractivity contribution >= 4 is 0 Å². The van der Waals surface area contributed by atoms with Crippen LogP contribution in [0.4, 0.5) is 4.39 Å². The number of hydrogen-bond donors (Lipinski definition) is 2. The van der Waals surface area contributed by atoms with Crippen molar-refractivity contribution in [2.24, 2.45) is 0 Å². The van der Waals surface area contributed by atoms with Gasteiger partial charge in [0, 0.05) is 18.7 Å². The van der Waals surface area contributed by atoms with E-state index in [1.165, 1.54) is 4.57 Å². The molecule has 1 aliphatic rings. The van der Waals surface area contributed by atoms with Crippen LogP contribution in [0.15, 0.2) is 12.3 Å². The number of halogens is 1. The number of aliphatic hydroxyl groups is 2. The highest BCUT2D eigenvalue weighted by molar-refractivity contribution is 5.24. The Morgan fingerprint density at radius 3 is 3.00 bits per heavy atom. The molecule has 6 heteroatoms. The van der Waals surface area contributed by atoms with Crippen LogP contribution in [0.25, 0.3) is 0 Å². The Bertz CT molecular complexity index is 426. The molecule has 2 heterocycles. The summed E-state index contributed by atoms with van der Waals surface area (Å²) in [6, 6.07) is 2.94. The van der Waals surface area contributed by atoms with E-state index in [1.807, 2.05) is 6.07 Å². The number of ether oxygens (including phenoxy) is 1. The third-order valence-corrected chi connectivity index (χ3v) is 2.62. The smallest absolute Gasteiger partial charge is 0.142 e. The lowest BCUT2D eigenvalue weighted by Gasteiger charge is -2.14. The summed E-state index contributed by atoms with van der Waals surface area (Å²) in [5, 5.41) is 27.2. The average Bonchev–Trinajstić information content (AvgIpc) is 2.81. The topological polar surface area (TPSA) is 78.4 Å². The number of aliphatic hydroxyl groups excluding tert-OH is 2. The zero-order valence-corrected chi connectivity index (χ0v) is 8.38. The number of aromatic nitrogens is 1. The predicted octanol–water partition coefficient (Wildman–Crippen LogP) is 0.140. The molecule has 1 saturated heterocycles. The van der Waals surface area contributed by atoms with E-state index in [0.717, 1.165) is 12.3 Å². The predicted molar refractivity (Wildman–Crippen MR) is 50.7 cm³/mol. The van der Waals surface area contributed by atoms with Crippen molar-refractivity contribution in [1.29, 1.82) is 5.26 Å². The van der Waals surface area contributed by atoms with Gasteiger partial charge in [-0.1, -0.05) is 0 Å². The van der Waals surface area contributed by atoms with E-state index in [9.17, 15) is 9.50 Å². The van der Waals surface area contributed by atoms with Crippen LogP contribution >= 0.6 is 0 Å². The first-order valence-corrected chi connectivity index (χ1v) is 4.87. The fourth-order valence-corrected chi connectivity index (χ4v) is 1.82. The van der Waals surface area contributed by atoms with Gasteiger partial charge in [0.25, 0.3) is 0 Å². The lowest BCUT2D eigenvalue weighted by atomic mass is 10.2. The van der Waals surface area contributed by atoms with E-state index in [-0.39, 0.29) is 18.7 Å². The Morgan fingerprint density at radius 1 is 1.69 bits per heavy atom. The van der Waals surface area contributed by atoms with E-state index in [2.05, 4.69) is 0 Å². The summed E-state index contributed by atoms with van der Waals surface area (Å²) in [4.78, 5) is 0. The van der Waals surface area contributed by atoms with Crippen LogP contribution in [0.3, 0.4) is 0 Å². The number of rotatable bonds is 2. The van der Waals surface area contributed by atoms with Crippen LogP contribution in [-0.4, -0.2) is 33.6 Å². The van der Waals surface area contributed by atoms with Crippen LogP contribution < -0.4 is 0 Å². The average molecular weight is 226 g/mol. The molecule has 1 fully saturated rings. The van der Waals surface area contributed by atoms with Crippen LogP contribution in [0.5, 0.6) is 0 Å². The molecule has 1 aliphatic heterocycles. The summed E-state index contributed by atoms with van der Waals surface area (Å²) in [7, 11) is 0. The molecule has 0 amide bonds. The molecule has 2 N–H and O–H groups in total. The van der Waals surface area contributed by atoms with Crippen molar-refractivity contribution < 1.29 is 19.3 Å². The minimum Gasteiger partial charge on any atom is -0.394 e. The van der Waals surface area contributed by atoms with Gasteiger partial charge in [-0.25, -0.2) is 4.39 Å². The second kappa shape index (κ2) is 4.22. The normalized spacial score (nSPS) is 29.2. The summed E-state index contributed by atoms with van der Waals surface area (Å²) in [5.41, 5.74) is 0.133. The maximum Gasteiger partial charge on any atom is 0.142 e. The summed E-state index contributed by atoms with van der Waals surface area (Å²) in [6.45, 7) is -0.302. The minimum atomic E-state index is -0.799. The SMILES string of the molecule is N#Cc1cc(F)cn1C1CC(O)C(CO)O1. The van der Waals surface area contributed by atoms with E-state index < -0.39 is 24.3 Å². The van der Waals surface area contributed by atoms with E-state index >= 15 is 0 Å². The molecule has 0 saturated carbocycles. The molecular weight excluding hydrogens is 215 g/mol. The first-order valence-electron chi connectivity index (χ1n) is 4.87. The van der Waals surface area contributed by atoms with Crippen LogP contribution in [0.2, 0.25) is 0 Å². The Balaban J connectivity index is 2.23. The third-order valence-electron chi connectivity index (χ3n) is 2.62. The van der Waals surface area contributed by atoms with Crippen molar-refractivity contribution in [3.05, 3.63) is 23.8 Å². The highest BCUT2D eigenvalue weighted by Gasteiger charge is 2.35. The molecule has 1 aromatic rings. The van der Waals surface area contributed by atoms with E-state index in [0.29, 0.717) is 0 Å². The molecule has 0 spiro atoms. The molecular formula is C10H11FN2O3. The Hall–Kier alpha value is -1.42. The number of nitriles is 1. The maximum absolute atomic E-state index is 13.0. The summed E-state index contributed by atoms with van der Waals surface area (Å²) in [5.74, 6) is -0.526. The van der Waals surface area contributed by atoms with Gasteiger partial charge in [0.05, 0.1) is 12.7 Å². The fraction of sp³-hybridized carbons (Fsp3) is 0.500. The number of nitrogens with zero attached hydrogens (tertiary/aromatic N) is 2. The van der Waals surface area contributed by atoms with E-state index in [1.54, 1.807) is 0 Å². The molecule has 2 rings (SSSR count). The molecule has 86 valence electrons. The molecule has 1 aromatic heterocycles. The van der Waals surface area contributed by atoms with Gasteiger partial charge >= 0.3 is 0 Å². The second-order valence-corrected chi connectivity index (χ2v) is 3.68. The molecule has 5 nitrogen and oxygen atoms in total. The van der Waals surface area contributed by atoms with Gasteiger partial charge in [-0.3, -0.25) is 0 Å². The van der Waals surface area contributed by atoms with Gasteiger partial charge < -0.3 is 19.5 Å². The van der Waals surface area contributed by atoms with E-state index in [4.69, 9.17) is 15.1 Å². The van der Waals surface area contributed by atoms with Crippen molar-refractivity contribution in [2.45, 2.75) is 24.9 Å². The van der Waals surface area contributed by atoms with Crippen molar-refractivity contribution in [3.63, 3.8) is 0 Å². The molecule has 16 heavy (non-hydrogen) atoms. The monoisotopic (exact) mass is 226 g/mol. The maximum atomic E-state index is 13.0. The zero-order valence-electron chi connectivity index (χ0n) is 8.38. The first-order chi connectivity index (χ1) is 7.65. The van der Waals surface area contributed by atoms with Gasteiger partial charge in [-0.05, 0) is 0 Å². The van der Waals surface area contributed by atoms with Gasteiger partial charge in [0.15, 0.2) is 0 Å². The Labute approximate surface area is 91.3 Å².